The van der Waals surface area contributed by atoms with Gasteiger partial charge < -0.3 is 21.7 Å². The lowest BCUT2D eigenvalue weighted by Gasteiger charge is -2.23. The summed E-state index contributed by atoms with van der Waals surface area (Å²) in [6.45, 7) is 1.77. The van der Waals surface area contributed by atoms with Crippen LogP contribution in [0.15, 0.2) is 9.85 Å². The molecule has 2 rings (SSSR count). The molecule has 1 aliphatic rings. The molecule has 0 aromatic carbocycles. The standard InChI is InChI=1S/C11H15BrN4O2S/c12-8-4-7(16-11(13)18)9(19-8)10(17)15-6-2-1-3-14-5-6/h4,6,14H,1-3,5H2,(H,15,17)(H3,13,16,18)/t6-/m0/s1. The van der Waals surface area contributed by atoms with Crippen LogP contribution in [0, 0.1) is 0 Å². The largest absolute Gasteiger partial charge is 0.351 e. The summed E-state index contributed by atoms with van der Waals surface area (Å²) in [7, 11) is 0. The van der Waals surface area contributed by atoms with Gasteiger partial charge in [-0.15, -0.1) is 11.3 Å². The Bertz CT molecular complexity index is 485. The van der Waals surface area contributed by atoms with Crippen LogP contribution in [-0.4, -0.2) is 31.1 Å². The first-order valence-corrected chi connectivity index (χ1v) is 7.54. The van der Waals surface area contributed by atoms with Crippen LogP contribution in [0.3, 0.4) is 0 Å². The molecule has 0 saturated carbocycles. The Hall–Kier alpha value is -1.12. The average molecular weight is 347 g/mol. The van der Waals surface area contributed by atoms with E-state index < -0.39 is 6.03 Å². The summed E-state index contributed by atoms with van der Waals surface area (Å²) in [5.74, 6) is -0.187. The first kappa shape index (κ1) is 14.3. The Labute approximate surface area is 123 Å². The highest BCUT2D eigenvalue weighted by molar-refractivity contribution is 9.11. The van der Waals surface area contributed by atoms with Gasteiger partial charge in [0.25, 0.3) is 5.91 Å². The predicted octanol–water partition coefficient (Wildman–Crippen LogP) is 1.48. The number of nitrogens with two attached hydrogens (primary N) is 1. The minimum Gasteiger partial charge on any atom is -0.351 e. The van der Waals surface area contributed by atoms with E-state index in [1.165, 1.54) is 11.3 Å². The van der Waals surface area contributed by atoms with Crippen LogP contribution >= 0.6 is 27.3 Å². The lowest BCUT2D eigenvalue weighted by molar-refractivity contribution is 0.0935. The third kappa shape index (κ3) is 3.92. The molecule has 5 N–H and O–H groups in total. The summed E-state index contributed by atoms with van der Waals surface area (Å²) >= 11 is 4.57. The highest BCUT2D eigenvalue weighted by Gasteiger charge is 2.21. The van der Waals surface area contributed by atoms with E-state index in [4.69, 9.17) is 5.73 Å². The lowest BCUT2D eigenvalue weighted by Crippen LogP contribution is -2.45. The van der Waals surface area contributed by atoms with Gasteiger partial charge in [-0.05, 0) is 41.4 Å². The van der Waals surface area contributed by atoms with Crippen molar-refractivity contribution in [2.75, 3.05) is 18.4 Å². The van der Waals surface area contributed by atoms with Crippen molar-refractivity contribution in [1.82, 2.24) is 10.6 Å². The maximum absolute atomic E-state index is 12.2. The van der Waals surface area contributed by atoms with Crippen molar-refractivity contribution < 1.29 is 9.59 Å². The number of thiophene rings is 1. The number of urea groups is 1. The second-order valence-corrected chi connectivity index (χ2v) is 6.73. The van der Waals surface area contributed by atoms with Gasteiger partial charge in [0.1, 0.15) is 4.88 Å². The van der Waals surface area contributed by atoms with E-state index in [1.54, 1.807) is 6.07 Å². The molecule has 0 spiro atoms. The Morgan fingerprint density at radius 1 is 1.53 bits per heavy atom. The van der Waals surface area contributed by atoms with Gasteiger partial charge in [0.2, 0.25) is 0 Å². The van der Waals surface area contributed by atoms with E-state index in [0.717, 1.165) is 29.7 Å². The number of amides is 3. The summed E-state index contributed by atoms with van der Waals surface area (Å²) in [6.07, 6.45) is 2.01. The number of primary amides is 1. The zero-order chi connectivity index (χ0) is 13.8. The van der Waals surface area contributed by atoms with Crippen molar-refractivity contribution in [1.29, 1.82) is 0 Å². The summed E-state index contributed by atoms with van der Waals surface area (Å²) in [5, 5.41) is 8.65. The molecule has 1 aliphatic heterocycles. The highest BCUT2D eigenvalue weighted by atomic mass is 79.9. The number of nitrogens with one attached hydrogen (secondary N) is 3. The predicted molar refractivity (Wildman–Crippen MR) is 78.6 cm³/mol. The molecular weight excluding hydrogens is 332 g/mol. The molecule has 3 amide bonds. The normalized spacial score (nSPS) is 18.9. The Balaban J connectivity index is 2.07. The maximum atomic E-state index is 12.2. The third-order valence-corrected chi connectivity index (χ3v) is 4.44. The smallest absolute Gasteiger partial charge is 0.316 e. The van der Waals surface area contributed by atoms with Gasteiger partial charge in [-0.25, -0.2) is 4.79 Å². The first-order chi connectivity index (χ1) is 9.06. The van der Waals surface area contributed by atoms with Crippen molar-refractivity contribution >= 4 is 44.9 Å². The highest BCUT2D eigenvalue weighted by Crippen LogP contribution is 2.31. The van der Waals surface area contributed by atoms with Gasteiger partial charge in [-0.2, -0.15) is 0 Å². The number of carbonyl (C=O) groups excluding carboxylic acids is 2. The van der Waals surface area contributed by atoms with Crippen LogP contribution in [0.25, 0.3) is 0 Å². The van der Waals surface area contributed by atoms with Crippen molar-refractivity contribution in [3.63, 3.8) is 0 Å². The summed E-state index contributed by atoms with van der Waals surface area (Å²) in [4.78, 5) is 23.5. The zero-order valence-corrected chi connectivity index (χ0v) is 12.6. The molecule has 1 atom stereocenters. The van der Waals surface area contributed by atoms with Crippen molar-refractivity contribution in [2.45, 2.75) is 18.9 Å². The molecule has 1 aromatic heterocycles. The fraction of sp³-hybridized carbons (Fsp3) is 0.455. The Morgan fingerprint density at radius 3 is 2.95 bits per heavy atom. The minimum absolute atomic E-state index is 0.128. The van der Waals surface area contributed by atoms with Crippen LogP contribution in [0.1, 0.15) is 22.5 Å². The molecule has 6 nitrogen and oxygen atoms in total. The van der Waals surface area contributed by atoms with Crippen molar-refractivity contribution in [3.8, 4) is 0 Å². The maximum Gasteiger partial charge on any atom is 0.316 e. The molecule has 0 unspecified atom stereocenters. The van der Waals surface area contributed by atoms with Crippen LogP contribution < -0.4 is 21.7 Å². The Kier molecular flexibility index (Phi) is 4.78. The topological polar surface area (TPSA) is 96.2 Å². The molecule has 0 aliphatic carbocycles. The van der Waals surface area contributed by atoms with Crippen molar-refractivity contribution in [2.24, 2.45) is 5.73 Å². The number of hydrogen-bond acceptors (Lipinski definition) is 4. The number of carbonyl (C=O) groups is 2. The lowest BCUT2D eigenvalue weighted by atomic mass is 10.1. The van der Waals surface area contributed by atoms with E-state index in [1.807, 2.05) is 0 Å². The number of rotatable bonds is 3. The van der Waals surface area contributed by atoms with E-state index >= 15 is 0 Å². The molecule has 1 fully saturated rings. The van der Waals surface area contributed by atoms with Gasteiger partial charge >= 0.3 is 6.03 Å². The molecule has 2 heterocycles. The van der Waals surface area contributed by atoms with E-state index in [-0.39, 0.29) is 11.9 Å². The molecule has 19 heavy (non-hydrogen) atoms. The van der Waals surface area contributed by atoms with Gasteiger partial charge in [0.05, 0.1) is 9.47 Å². The number of anilines is 1. The number of piperidine rings is 1. The van der Waals surface area contributed by atoms with Crippen LogP contribution in [0.2, 0.25) is 0 Å². The van der Waals surface area contributed by atoms with Crippen LogP contribution in [-0.2, 0) is 0 Å². The van der Waals surface area contributed by atoms with Crippen LogP contribution in [0.5, 0.6) is 0 Å². The molecule has 1 saturated heterocycles. The average Bonchev–Trinajstić information content (AvgIpc) is 2.70. The Morgan fingerprint density at radius 2 is 2.32 bits per heavy atom. The van der Waals surface area contributed by atoms with E-state index in [9.17, 15) is 9.59 Å². The SMILES string of the molecule is NC(=O)Nc1cc(Br)sc1C(=O)N[C@H]1CCCNC1. The van der Waals surface area contributed by atoms with Crippen LogP contribution in [0.4, 0.5) is 10.5 Å². The summed E-state index contributed by atoms with van der Waals surface area (Å²) < 4.78 is 0.767. The summed E-state index contributed by atoms with van der Waals surface area (Å²) in [6, 6.07) is 1.12. The number of halogens is 1. The van der Waals surface area contributed by atoms with Crippen molar-refractivity contribution in [3.05, 3.63) is 14.7 Å². The van der Waals surface area contributed by atoms with E-state index in [0.29, 0.717) is 10.6 Å². The fourth-order valence-corrected chi connectivity index (χ4v) is 3.44. The minimum atomic E-state index is -0.682. The second kappa shape index (κ2) is 6.36. The van der Waals surface area contributed by atoms with E-state index in [2.05, 4.69) is 31.9 Å². The molecule has 1 aromatic rings. The third-order valence-electron chi connectivity index (χ3n) is 2.80. The van der Waals surface area contributed by atoms with Gasteiger partial charge in [-0.1, -0.05) is 0 Å². The van der Waals surface area contributed by atoms with Gasteiger partial charge in [0, 0.05) is 12.6 Å². The monoisotopic (exact) mass is 346 g/mol. The fourth-order valence-electron chi connectivity index (χ4n) is 1.98. The zero-order valence-electron chi connectivity index (χ0n) is 10.2. The molecule has 8 heteroatoms. The van der Waals surface area contributed by atoms with Gasteiger partial charge in [0.15, 0.2) is 0 Å². The number of hydrogen-bond donors (Lipinski definition) is 4. The molecular formula is C11H15BrN4O2S. The quantitative estimate of drug-likeness (QED) is 0.667. The molecule has 104 valence electrons. The molecule has 0 radical (unpaired) electrons. The second-order valence-electron chi connectivity index (χ2n) is 4.30. The summed E-state index contributed by atoms with van der Waals surface area (Å²) in [5.41, 5.74) is 5.52. The van der Waals surface area contributed by atoms with Gasteiger partial charge in [-0.3, -0.25) is 4.79 Å². The first-order valence-electron chi connectivity index (χ1n) is 5.93. The molecule has 0 bridgehead atoms.